The average molecular weight is 239 g/mol. The lowest BCUT2D eigenvalue weighted by Gasteiger charge is -2.17. The van der Waals surface area contributed by atoms with Crippen molar-refractivity contribution in [3.8, 4) is 0 Å². The van der Waals surface area contributed by atoms with E-state index in [0.29, 0.717) is 0 Å². The van der Waals surface area contributed by atoms with Crippen LogP contribution in [0.2, 0.25) is 0 Å². The van der Waals surface area contributed by atoms with Gasteiger partial charge in [0.25, 0.3) is 0 Å². The predicted molar refractivity (Wildman–Crippen MR) is 68.5 cm³/mol. The Morgan fingerprint density at radius 3 is 1.76 bits per heavy atom. The summed E-state index contributed by atoms with van der Waals surface area (Å²) < 4.78 is 0. The van der Waals surface area contributed by atoms with Gasteiger partial charge in [0.05, 0.1) is 6.54 Å². The molecule has 0 radical (unpaired) electrons. The Hall–Kier alpha value is -0.860. The molecule has 17 heavy (non-hydrogen) atoms. The number of ketones is 1. The van der Waals surface area contributed by atoms with Crippen LogP contribution in [0, 0.1) is 22.2 Å². The normalized spacial score (nSPS) is 22.1. The Bertz CT molecular complexity index is 334. The van der Waals surface area contributed by atoms with Gasteiger partial charge >= 0.3 is 0 Å². The first kappa shape index (κ1) is 14.2. The van der Waals surface area contributed by atoms with Crippen LogP contribution in [0.15, 0.2) is 0 Å². The summed E-state index contributed by atoms with van der Waals surface area (Å²) in [6, 6.07) is 0. The molecule has 0 atom stereocenters. The zero-order chi connectivity index (χ0) is 13.6. The van der Waals surface area contributed by atoms with E-state index in [1.54, 1.807) is 0 Å². The predicted octanol–water partition coefficient (Wildman–Crippen LogP) is 2.40. The molecule has 0 aromatic carbocycles. The maximum Gasteiger partial charge on any atom is 0.224 e. The second kappa shape index (κ2) is 3.82. The van der Waals surface area contributed by atoms with Gasteiger partial charge in [0.2, 0.25) is 5.91 Å². The van der Waals surface area contributed by atoms with Crippen LogP contribution in [0.3, 0.4) is 0 Å². The molecule has 0 unspecified atom stereocenters. The maximum atomic E-state index is 12.0. The summed E-state index contributed by atoms with van der Waals surface area (Å²) in [6.07, 6.45) is 0. The third kappa shape index (κ3) is 2.38. The monoisotopic (exact) mass is 239 g/mol. The quantitative estimate of drug-likeness (QED) is 0.822. The minimum absolute atomic E-state index is 0.0117. The summed E-state index contributed by atoms with van der Waals surface area (Å²) in [5.74, 6) is 0.0995. The van der Waals surface area contributed by atoms with Gasteiger partial charge in [0.1, 0.15) is 0 Å². The molecule has 0 heterocycles. The molecular formula is C14H25NO2. The van der Waals surface area contributed by atoms with E-state index in [1.807, 2.05) is 20.8 Å². The smallest absolute Gasteiger partial charge is 0.224 e. The van der Waals surface area contributed by atoms with Crippen LogP contribution in [0.4, 0.5) is 0 Å². The van der Waals surface area contributed by atoms with Crippen LogP contribution in [-0.2, 0) is 9.59 Å². The van der Waals surface area contributed by atoms with Crippen molar-refractivity contribution in [2.75, 3.05) is 6.54 Å². The Labute approximate surface area is 104 Å². The van der Waals surface area contributed by atoms with E-state index in [0.717, 1.165) is 0 Å². The van der Waals surface area contributed by atoms with Gasteiger partial charge in [-0.2, -0.15) is 0 Å². The number of carbonyl (C=O) groups is 2. The Morgan fingerprint density at radius 1 is 1.06 bits per heavy atom. The first-order chi connectivity index (χ1) is 7.42. The highest BCUT2D eigenvalue weighted by Gasteiger charge is 2.68. The van der Waals surface area contributed by atoms with Crippen LogP contribution < -0.4 is 5.32 Å². The molecule has 1 fully saturated rings. The summed E-state index contributed by atoms with van der Waals surface area (Å²) in [7, 11) is 0. The van der Waals surface area contributed by atoms with Crippen molar-refractivity contribution in [2.45, 2.75) is 48.5 Å². The minimum atomic E-state index is -0.387. The Morgan fingerprint density at radius 2 is 1.47 bits per heavy atom. The van der Waals surface area contributed by atoms with E-state index in [-0.39, 0.29) is 40.4 Å². The zero-order valence-corrected chi connectivity index (χ0v) is 12.1. The van der Waals surface area contributed by atoms with Crippen molar-refractivity contribution in [1.82, 2.24) is 5.32 Å². The van der Waals surface area contributed by atoms with Gasteiger partial charge in [-0.1, -0.05) is 48.5 Å². The van der Waals surface area contributed by atoms with Gasteiger partial charge in [0, 0.05) is 11.3 Å². The van der Waals surface area contributed by atoms with Crippen LogP contribution in [0.25, 0.3) is 0 Å². The number of carbonyl (C=O) groups excluding carboxylic acids is 2. The fourth-order valence-electron chi connectivity index (χ4n) is 2.39. The third-order valence-corrected chi connectivity index (χ3v) is 4.54. The molecule has 1 N–H and O–H groups in total. The number of amides is 1. The van der Waals surface area contributed by atoms with Crippen LogP contribution in [0.1, 0.15) is 48.5 Å². The van der Waals surface area contributed by atoms with Crippen LogP contribution in [-0.4, -0.2) is 18.2 Å². The number of hydrogen-bond donors (Lipinski definition) is 1. The molecule has 1 aliphatic carbocycles. The lowest BCUT2D eigenvalue weighted by molar-refractivity contribution is -0.130. The van der Waals surface area contributed by atoms with Crippen molar-refractivity contribution in [2.24, 2.45) is 22.2 Å². The SMILES string of the molecule is CC(C)(C)C(=O)CNC(=O)C1C(C)(C)C1(C)C. The standard InChI is InChI=1S/C14H25NO2/c1-12(2,3)9(16)8-15-11(17)10-13(4,5)14(10,6)7/h10H,8H2,1-7H3,(H,15,17). The average Bonchev–Trinajstić information content (AvgIpc) is 2.51. The molecule has 0 aromatic heterocycles. The van der Waals surface area contributed by atoms with Gasteiger partial charge in [-0.3, -0.25) is 9.59 Å². The summed E-state index contributed by atoms with van der Waals surface area (Å²) in [5, 5.41) is 2.77. The largest absolute Gasteiger partial charge is 0.349 e. The minimum Gasteiger partial charge on any atom is -0.349 e. The van der Waals surface area contributed by atoms with Crippen molar-refractivity contribution >= 4 is 11.7 Å². The van der Waals surface area contributed by atoms with Gasteiger partial charge in [-0.05, 0) is 10.8 Å². The van der Waals surface area contributed by atoms with Crippen molar-refractivity contribution in [3.05, 3.63) is 0 Å². The molecular weight excluding hydrogens is 214 g/mol. The second-order valence-corrected chi connectivity index (χ2v) is 7.27. The fourth-order valence-corrected chi connectivity index (χ4v) is 2.39. The maximum absolute atomic E-state index is 12.0. The van der Waals surface area contributed by atoms with Gasteiger partial charge < -0.3 is 5.32 Å². The van der Waals surface area contributed by atoms with E-state index < -0.39 is 0 Å². The Kier molecular flexibility index (Phi) is 3.19. The third-order valence-electron chi connectivity index (χ3n) is 4.54. The molecule has 1 saturated carbocycles. The highest BCUT2D eigenvalue weighted by atomic mass is 16.2. The fraction of sp³-hybridized carbons (Fsp3) is 0.857. The van der Waals surface area contributed by atoms with E-state index in [9.17, 15) is 9.59 Å². The summed E-state index contributed by atoms with van der Waals surface area (Å²) in [4.78, 5) is 23.7. The highest BCUT2D eigenvalue weighted by Crippen LogP contribution is 2.68. The molecule has 1 rings (SSSR count). The van der Waals surface area contributed by atoms with Gasteiger partial charge in [-0.25, -0.2) is 0 Å². The highest BCUT2D eigenvalue weighted by molar-refractivity contribution is 5.91. The van der Waals surface area contributed by atoms with Gasteiger partial charge in [0.15, 0.2) is 5.78 Å². The van der Waals surface area contributed by atoms with Gasteiger partial charge in [-0.15, -0.1) is 0 Å². The number of Topliss-reactive ketones (excluding diaryl/α,β-unsaturated/α-hetero) is 1. The van der Waals surface area contributed by atoms with Crippen molar-refractivity contribution in [3.63, 3.8) is 0 Å². The first-order valence-electron chi connectivity index (χ1n) is 6.23. The molecule has 98 valence electrons. The zero-order valence-electron chi connectivity index (χ0n) is 12.1. The number of hydrogen-bond acceptors (Lipinski definition) is 2. The number of rotatable bonds is 3. The first-order valence-corrected chi connectivity index (χ1v) is 6.23. The van der Waals surface area contributed by atoms with Crippen molar-refractivity contribution < 1.29 is 9.59 Å². The van der Waals surface area contributed by atoms with Crippen LogP contribution in [0.5, 0.6) is 0 Å². The topological polar surface area (TPSA) is 46.2 Å². The van der Waals surface area contributed by atoms with E-state index in [2.05, 4.69) is 33.0 Å². The summed E-state index contributed by atoms with van der Waals surface area (Å²) in [6.45, 7) is 14.1. The summed E-state index contributed by atoms with van der Waals surface area (Å²) in [5.41, 5.74) is -0.328. The lowest BCUT2D eigenvalue weighted by atomic mass is 9.91. The van der Waals surface area contributed by atoms with Crippen molar-refractivity contribution in [1.29, 1.82) is 0 Å². The molecule has 0 spiro atoms. The molecule has 3 heteroatoms. The molecule has 1 amide bonds. The lowest BCUT2D eigenvalue weighted by Crippen LogP contribution is -2.37. The van der Waals surface area contributed by atoms with E-state index in [1.165, 1.54) is 0 Å². The molecule has 0 saturated heterocycles. The molecule has 3 nitrogen and oxygen atoms in total. The number of nitrogens with one attached hydrogen (secondary N) is 1. The molecule has 0 aliphatic heterocycles. The summed E-state index contributed by atoms with van der Waals surface area (Å²) >= 11 is 0. The molecule has 0 bridgehead atoms. The van der Waals surface area contributed by atoms with E-state index in [4.69, 9.17) is 0 Å². The molecule has 1 aliphatic rings. The molecule has 0 aromatic rings. The Balaban J connectivity index is 2.52. The van der Waals surface area contributed by atoms with E-state index >= 15 is 0 Å². The second-order valence-electron chi connectivity index (χ2n) is 7.27. The van der Waals surface area contributed by atoms with Crippen LogP contribution >= 0.6 is 0 Å².